The summed E-state index contributed by atoms with van der Waals surface area (Å²) in [6.45, 7) is 5.44. The van der Waals surface area contributed by atoms with Gasteiger partial charge in [0, 0.05) is 64.9 Å². The summed E-state index contributed by atoms with van der Waals surface area (Å²) in [7, 11) is 0. The van der Waals surface area contributed by atoms with Crippen LogP contribution in [-0.4, -0.2) is 86.3 Å². The van der Waals surface area contributed by atoms with Crippen LogP contribution in [0.3, 0.4) is 0 Å². The molecular weight excluding hydrogens is 787 g/mol. The van der Waals surface area contributed by atoms with E-state index in [2.05, 4.69) is 46.8 Å². The second-order valence-electron chi connectivity index (χ2n) is 15.5. The summed E-state index contributed by atoms with van der Waals surface area (Å²) in [4.78, 5) is 48.9. The minimum absolute atomic E-state index is 0.0247. The Hall–Kier alpha value is -6.04. The van der Waals surface area contributed by atoms with Gasteiger partial charge in [0.15, 0.2) is 0 Å². The lowest BCUT2D eigenvalue weighted by molar-refractivity contribution is -0.147. The summed E-state index contributed by atoms with van der Waals surface area (Å²) >= 11 is 3.28. The molecule has 15 nitrogen and oxygen atoms in total. The molecule has 0 radical (unpaired) electrons. The Morgan fingerprint density at radius 3 is 1.76 bits per heavy atom. The number of nitrogens with zero attached hydrogens (tertiary/aromatic N) is 9. The van der Waals surface area contributed by atoms with E-state index in [0.29, 0.717) is 25.9 Å². The molecule has 8 aromatic rings. The van der Waals surface area contributed by atoms with Crippen LogP contribution in [0.15, 0.2) is 73.8 Å². The van der Waals surface area contributed by atoms with Crippen molar-refractivity contribution in [3.05, 3.63) is 94.7 Å². The monoisotopic (exact) mass is 827 g/mol. The van der Waals surface area contributed by atoms with Crippen LogP contribution in [0.25, 0.3) is 31.5 Å². The van der Waals surface area contributed by atoms with Crippen molar-refractivity contribution >= 4 is 89.0 Å². The first-order valence-electron chi connectivity index (χ1n) is 19.8. The fourth-order valence-corrected chi connectivity index (χ4v) is 11.3. The van der Waals surface area contributed by atoms with Crippen LogP contribution in [0.5, 0.6) is 0 Å². The fourth-order valence-electron chi connectivity index (χ4n) is 8.72. The minimum atomic E-state index is -0.716. The Bertz CT molecular complexity index is 2870. The van der Waals surface area contributed by atoms with Gasteiger partial charge in [0.1, 0.15) is 34.0 Å². The van der Waals surface area contributed by atoms with Crippen LogP contribution in [0, 0.1) is 11.8 Å². The van der Waals surface area contributed by atoms with Gasteiger partial charge in [-0.25, -0.2) is 29.0 Å². The van der Waals surface area contributed by atoms with Gasteiger partial charge in [-0.2, -0.15) is 10.2 Å². The van der Waals surface area contributed by atoms with Crippen LogP contribution >= 0.6 is 22.7 Å². The average molecular weight is 828 g/mol. The molecule has 9 heterocycles. The lowest BCUT2D eigenvalue weighted by atomic mass is 9.86. The molecule has 0 saturated carbocycles. The summed E-state index contributed by atoms with van der Waals surface area (Å²) in [6, 6.07) is 11.9. The molecule has 3 aliphatic rings. The van der Waals surface area contributed by atoms with Crippen LogP contribution in [0.4, 0.5) is 23.0 Å². The molecule has 300 valence electrons. The van der Waals surface area contributed by atoms with E-state index < -0.39 is 5.97 Å². The molecule has 4 atom stereocenters. The largest absolute Gasteiger partial charge is 0.481 e. The number of ether oxygens (including phenoxy) is 1. The van der Waals surface area contributed by atoms with E-state index in [-0.39, 0.29) is 30.0 Å². The number of amides is 1. The van der Waals surface area contributed by atoms with Gasteiger partial charge < -0.3 is 25.4 Å². The number of carbonyl (C=O) groups is 2. The molecule has 1 amide bonds. The summed E-state index contributed by atoms with van der Waals surface area (Å²) in [5.74, 6) is 0.860. The molecule has 3 N–H and O–H groups in total. The van der Waals surface area contributed by atoms with Crippen molar-refractivity contribution in [3.63, 3.8) is 0 Å². The normalized spacial score (nSPS) is 20.3. The maximum atomic E-state index is 13.3. The maximum absolute atomic E-state index is 13.3. The standard InChI is InChI=1S/C24H26N6O2S.C18H15N5O2S/c1-14-11-29(12-15(2)32-14)24(31)16-3-4-19-20(9-16)33-23-21(19)22(25-13-26-23)28-17-6-8-30-18(10-17)5-7-27-30;24-18(25)10-1-2-13-14(7-10)26-17-15(13)16(19-9-20-17)22-11-4-6-23-12(8-11)3-5-21-23/h5-8,10,13-16H,3-4,9,11-12H2,1-2H3,(H,25,26,28);3-6,8-10H,1-2,7H2,(H,24,25)(H,19,20,22)/t14-,15-,16+;10-/m10/s1. The Morgan fingerprint density at radius 1 is 0.729 bits per heavy atom. The third-order valence-corrected chi connectivity index (χ3v) is 13.8. The van der Waals surface area contributed by atoms with Gasteiger partial charge in [-0.05, 0) is 99.9 Å². The molecular formula is C42H41N11O4S2. The molecule has 1 saturated heterocycles. The number of hydrogen-bond acceptors (Lipinski definition) is 13. The zero-order valence-corrected chi connectivity index (χ0v) is 34.0. The quantitative estimate of drug-likeness (QED) is 0.155. The fraction of sp³-hybridized carbons (Fsp3) is 0.333. The predicted octanol–water partition coefficient (Wildman–Crippen LogP) is 7.10. The smallest absolute Gasteiger partial charge is 0.306 e. The van der Waals surface area contributed by atoms with Gasteiger partial charge >= 0.3 is 5.97 Å². The highest BCUT2D eigenvalue weighted by atomic mass is 32.1. The maximum Gasteiger partial charge on any atom is 0.306 e. The number of carbonyl (C=O) groups excluding carboxylic acids is 1. The van der Waals surface area contributed by atoms with E-state index in [4.69, 9.17) is 4.74 Å². The third-order valence-electron chi connectivity index (χ3n) is 11.4. The van der Waals surface area contributed by atoms with Crippen LogP contribution in [0.2, 0.25) is 0 Å². The van der Waals surface area contributed by atoms with Crippen molar-refractivity contribution < 1.29 is 19.4 Å². The van der Waals surface area contributed by atoms with E-state index in [1.54, 1.807) is 52.2 Å². The Morgan fingerprint density at radius 2 is 1.24 bits per heavy atom. The molecule has 0 unspecified atom stereocenters. The first kappa shape index (κ1) is 37.2. The Balaban J connectivity index is 0.000000147. The van der Waals surface area contributed by atoms with Gasteiger partial charge in [0.2, 0.25) is 5.91 Å². The number of aryl methyl sites for hydroxylation is 2. The van der Waals surface area contributed by atoms with E-state index in [1.165, 1.54) is 16.0 Å². The first-order valence-corrected chi connectivity index (χ1v) is 21.5. The first-order chi connectivity index (χ1) is 28.7. The average Bonchev–Trinajstić information content (AvgIpc) is 4.04. The number of nitrogens with one attached hydrogen (secondary N) is 2. The van der Waals surface area contributed by atoms with Crippen LogP contribution in [-0.2, 0) is 40.0 Å². The van der Waals surface area contributed by atoms with Crippen molar-refractivity contribution in [2.75, 3.05) is 23.7 Å². The van der Waals surface area contributed by atoms with Gasteiger partial charge in [-0.1, -0.05) is 0 Å². The number of fused-ring (bicyclic) bond motifs is 8. The zero-order valence-electron chi connectivity index (χ0n) is 32.4. The molecule has 59 heavy (non-hydrogen) atoms. The van der Waals surface area contributed by atoms with E-state index in [1.807, 2.05) is 66.0 Å². The van der Waals surface area contributed by atoms with Crippen molar-refractivity contribution in [2.24, 2.45) is 11.8 Å². The number of anilines is 4. The number of rotatable bonds is 6. The molecule has 8 aromatic heterocycles. The number of morpholine rings is 1. The van der Waals surface area contributed by atoms with Crippen molar-refractivity contribution in [2.45, 2.75) is 64.6 Å². The summed E-state index contributed by atoms with van der Waals surface area (Å²) in [6.07, 6.45) is 15.2. The molecule has 0 aromatic carbocycles. The number of aromatic nitrogens is 8. The second kappa shape index (κ2) is 15.3. The van der Waals surface area contributed by atoms with Gasteiger partial charge in [-0.3, -0.25) is 9.59 Å². The summed E-state index contributed by atoms with van der Waals surface area (Å²) in [5, 5.41) is 26.8. The predicted molar refractivity (Wildman–Crippen MR) is 227 cm³/mol. The molecule has 2 aliphatic carbocycles. The number of pyridine rings is 2. The third kappa shape index (κ3) is 7.23. The van der Waals surface area contributed by atoms with Crippen molar-refractivity contribution in [1.82, 2.24) is 44.1 Å². The van der Waals surface area contributed by atoms with Crippen LogP contribution in [0.1, 0.15) is 47.6 Å². The van der Waals surface area contributed by atoms with Crippen molar-refractivity contribution in [3.8, 4) is 0 Å². The lowest BCUT2D eigenvalue weighted by Crippen LogP contribution is -2.50. The number of thiophene rings is 2. The zero-order chi connectivity index (χ0) is 40.2. The lowest BCUT2D eigenvalue weighted by Gasteiger charge is -2.37. The number of aliphatic carboxylic acids is 1. The highest BCUT2D eigenvalue weighted by molar-refractivity contribution is 7.19. The summed E-state index contributed by atoms with van der Waals surface area (Å²) < 4.78 is 9.45. The second-order valence-corrected chi connectivity index (χ2v) is 17.7. The number of carboxylic acids is 1. The SMILES string of the molecule is C[C@@H]1CN(C(=O)[C@H]2CCc3c(sc4ncnc(Nc5ccn6nccc6c5)c34)C2)C[C@@H](C)O1.O=C(O)[C@H]1CCc2c(sc3ncnc(Nc4ccn5nccc5c4)c23)C1. The summed E-state index contributed by atoms with van der Waals surface area (Å²) in [5.41, 5.74) is 6.38. The van der Waals surface area contributed by atoms with Crippen LogP contribution < -0.4 is 10.6 Å². The molecule has 0 bridgehead atoms. The number of hydrogen-bond donors (Lipinski definition) is 3. The van der Waals surface area contributed by atoms with Gasteiger partial charge in [-0.15, -0.1) is 22.7 Å². The minimum Gasteiger partial charge on any atom is -0.481 e. The highest BCUT2D eigenvalue weighted by Gasteiger charge is 2.35. The Labute approximate surface area is 346 Å². The van der Waals surface area contributed by atoms with Crippen molar-refractivity contribution in [1.29, 1.82) is 0 Å². The molecule has 11 rings (SSSR count). The van der Waals surface area contributed by atoms with Gasteiger partial charge in [0.25, 0.3) is 0 Å². The highest BCUT2D eigenvalue weighted by Crippen LogP contribution is 2.42. The molecule has 0 spiro atoms. The van der Waals surface area contributed by atoms with Gasteiger partial charge in [0.05, 0.1) is 39.9 Å². The van der Waals surface area contributed by atoms with E-state index in [9.17, 15) is 14.7 Å². The molecule has 17 heteroatoms. The Kier molecular flexibility index (Phi) is 9.65. The number of carboxylic acid groups (broad SMARTS) is 1. The van der Waals surface area contributed by atoms with E-state index >= 15 is 0 Å². The topological polar surface area (TPSA) is 177 Å². The van der Waals surface area contributed by atoms with E-state index in [0.717, 1.165) is 85.0 Å². The molecule has 1 fully saturated rings. The molecule has 1 aliphatic heterocycles.